The van der Waals surface area contributed by atoms with Gasteiger partial charge in [-0.15, -0.1) is 0 Å². The first-order valence-electron chi connectivity index (χ1n) is 4.15. The van der Waals surface area contributed by atoms with Crippen LogP contribution in [0, 0.1) is 4.77 Å². The highest BCUT2D eigenvalue weighted by Gasteiger charge is 2.26. The zero-order valence-corrected chi connectivity index (χ0v) is 7.84. The van der Waals surface area contributed by atoms with E-state index in [1.165, 1.54) is 0 Å². The first kappa shape index (κ1) is 7.94. The Labute approximate surface area is 76.2 Å². The number of rotatable bonds is 2. The van der Waals surface area contributed by atoms with Crippen molar-refractivity contribution in [2.24, 2.45) is 0 Å². The van der Waals surface area contributed by atoms with E-state index in [4.69, 9.17) is 12.2 Å². The first-order chi connectivity index (χ1) is 5.81. The van der Waals surface area contributed by atoms with Crippen LogP contribution in [-0.2, 0) is 0 Å². The minimum Gasteiger partial charge on any atom is -0.301 e. The van der Waals surface area contributed by atoms with Crippen LogP contribution in [-0.4, -0.2) is 39.3 Å². The molecular formula is C7H12N4S. The molecule has 1 aliphatic rings. The largest absolute Gasteiger partial charge is 0.301 e. The van der Waals surface area contributed by atoms with Crippen molar-refractivity contribution in [3.05, 3.63) is 11.1 Å². The van der Waals surface area contributed by atoms with E-state index >= 15 is 0 Å². The van der Waals surface area contributed by atoms with Crippen LogP contribution in [0.5, 0.6) is 0 Å². The van der Waals surface area contributed by atoms with Crippen molar-refractivity contribution in [3.63, 3.8) is 0 Å². The average molecular weight is 184 g/mol. The highest BCUT2D eigenvalue weighted by atomic mass is 32.1. The van der Waals surface area contributed by atoms with Gasteiger partial charge in [-0.2, -0.15) is 5.10 Å². The Balaban J connectivity index is 2.06. The molecule has 0 saturated carbocycles. The van der Waals surface area contributed by atoms with Gasteiger partial charge in [0.2, 0.25) is 0 Å². The maximum absolute atomic E-state index is 5.06. The third-order valence-corrected chi connectivity index (χ3v) is 2.66. The highest BCUT2D eigenvalue weighted by Crippen LogP contribution is 2.19. The summed E-state index contributed by atoms with van der Waals surface area (Å²) in [6.45, 7) is 5.50. The molecule has 0 spiro atoms. The molecule has 2 heterocycles. The second-order valence-electron chi connectivity index (χ2n) is 3.07. The molecule has 4 nitrogen and oxygen atoms in total. The van der Waals surface area contributed by atoms with Crippen molar-refractivity contribution >= 4 is 12.2 Å². The van der Waals surface area contributed by atoms with Gasteiger partial charge >= 0.3 is 0 Å². The van der Waals surface area contributed by atoms with Gasteiger partial charge in [0, 0.05) is 13.1 Å². The Morgan fingerprint density at radius 3 is 3.00 bits per heavy atom. The molecule has 12 heavy (non-hydrogen) atoms. The lowest BCUT2D eigenvalue weighted by Crippen LogP contribution is -2.47. The molecule has 2 rings (SSSR count). The summed E-state index contributed by atoms with van der Waals surface area (Å²) in [5.41, 5.74) is 0. The second-order valence-corrected chi connectivity index (χ2v) is 3.46. The number of hydrogen-bond acceptors (Lipinski definition) is 3. The summed E-state index contributed by atoms with van der Waals surface area (Å²) in [5, 5.41) is 6.65. The molecule has 0 aliphatic carbocycles. The van der Waals surface area contributed by atoms with Gasteiger partial charge < -0.3 is 4.57 Å². The summed E-state index contributed by atoms with van der Waals surface area (Å²) >= 11 is 5.06. The summed E-state index contributed by atoms with van der Waals surface area (Å²) in [4.78, 5) is 2.37. The topological polar surface area (TPSA) is 36.9 Å². The van der Waals surface area contributed by atoms with Crippen molar-refractivity contribution in [1.29, 1.82) is 0 Å². The predicted molar refractivity (Wildman–Crippen MR) is 48.6 cm³/mol. The smallest absolute Gasteiger partial charge is 0.195 e. The van der Waals surface area contributed by atoms with Crippen LogP contribution in [0.4, 0.5) is 0 Å². The van der Waals surface area contributed by atoms with E-state index in [0.29, 0.717) is 6.04 Å². The quantitative estimate of drug-likeness (QED) is 0.691. The van der Waals surface area contributed by atoms with Gasteiger partial charge in [-0.1, -0.05) is 6.92 Å². The number of nitrogens with one attached hydrogen (secondary N) is 1. The molecular weight excluding hydrogens is 172 g/mol. The maximum Gasteiger partial charge on any atom is 0.195 e. The SMILES string of the molecule is CCN1CC(n2cn[nH]c2=S)C1. The molecule has 0 radical (unpaired) electrons. The molecule has 1 N–H and O–H groups in total. The normalized spacial score (nSPS) is 19.4. The van der Waals surface area contributed by atoms with Crippen LogP contribution >= 0.6 is 12.2 Å². The molecule has 66 valence electrons. The van der Waals surface area contributed by atoms with Crippen LogP contribution in [0.3, 0.4) is 0 Å². The third-order valence-electron chi connectivity index (χ3n) is 2.36. The molecule has 0 atom stereocenters. The zero-order chi connectivity index (χ0) is 8.55. The summed E-state index contributed by atoms with van der Waals surface area (Å²) in [6.07, 6.45) is 1.78. The van der Waals surface area contributed by atoms with Crippen LogP contribution in [0.1, 0.15) is 13.0 Å². The minimum absolute atomic E-state index is 0.538. The molecule has 1 saturated heterocycles. The van der Waals surface area contributed by atoms with Gasteiger partial charge in [0.15, 0.2) is 4.77 Å². The Morgan fingerprint density at radius 2 is 2.50 bits per heavy atom. The molecule has 1 aromatic heterocycles. The molecule has 0 aromatic carbocycles. The fourth-order valence-corrected chi connectivity index (χ4v) is 1.74. The van der Waals surface area contributed by atoms with Gasteiger partial charge in [0.25, 0.3) is 0 Å². The van der Waals surface area contributed by atoms with Crippen LogP contribution in [0.15, 0.2) is 6.33 Å². The van der Waals surface area contributed by atoms with E-state index in [0.717, 1.165) is 24.4 Å². The van der Waals surface area contributed by atoms with Gasteiger partial charge in [-0.05, 0) is 18.8 Å². The van der Waals surface area contributed by atoms with Crippen LogP contribution in [0.25, 0.3) is 0 Å². The number of aromatic nitrogens is 3. The van der Waals surface area contributed by atoms with Gasteiger partial charge in [-0.25, -0.2) is 0 Å². The molecule has 0 amide bonds. The van der Waals surface area contributed by atoms with E-state index in [2.05, 4.69) is 22.0 Å². The average Bonchev–Trinajstić information content (AvgIpc) is 2.35. The number of nitrogens with zero attached hydrogens (tertiary/aromatic N) is 3. The van der Waals surface area contributed by atoms with E-state index in [9.17, 15) is 0 Å². The van der Waals surface area contributed by atoms with Gasteiger partial charge in [-0.3, -0.25) is 10.00 Å². The first-order valence-corrected chi connectivity index (χ1v) is 4.56. The van der Waals surface area contributed by atoms with Gasteiger partial charge in [0.05, 0.1) is 6.04 Å². The van der Waals surface area contributed by atoms with Crippen LogP contribution < -0.4 is 0 Å². The number of aromatic amines is 1. The Morgan fingerprint density at radius 1 is 1.75 bits per heavy atom. The fraction of sp³-hybridized carbons (Fsp3) is 0.714. The molecule has 5 heteroatoms. The molecule has 0 bridgehead atoms. The van der Waals surface area contributed by atoms with Gasteiger partial charge in [0.1, 0.15) is 6.33 Å². The molecule has 1 aliphatic heterocycles. The summed E-state index contributed by atoms with van der Waals surface area (Å²) in [7, 11) is 0. The Hall–Kier alpha value is -0.680. The third kappa shape index (κ3) is 1.19. The van der Waals surface area contributed by atoms with Crippen molar-refractivity contribution in [1.82, 2.24) is 19.7 Å². The van der Waals surface area contributed by atoms with E-state index in [1.54, 1.807) is 6.33 Å². The lowest BCUT2D eigenvalue weighted by Gasteiger charge is -2.38. The fourth-order valence-electron chi connectivity index (χ4n) is 1.49. The van der Waals surface area contributed by atoms with Crippen molar-refractivity contribution in [2.45, 2.75) is 13.0 Å². The summed E-state index contributed by atoms with van der Waals surface area (Å²) in [5.74, 6) is 0. The maximum atomic E-state index is 5.06. The molecule has 1 fully saturated rings. The van der Waals surface area contributed by atoms with E-state index in [1.807, 2.05) is 4.57 Å². The lowest BCUT2D eigenvalue weighted by molar-refractivity contribution is 0.113. The molecule has 0 unspecified atom stereocenters. The molecule has 1 aromatic rings. The van der Waals surface area contributed by atoms with Crippen molar-refractivity contribution in [2.75, 3.05) is 19.6 Å². The second kappa shape index (κ2) is 2.99. The Bertz CT molecular complexity index is 309. The van der Waals surface area contributed by atoms with E-state index < -0.39 is 0 Å². The monoisotopic (exact) mass is 184 g/mol. The van der Waals surface area contributed by atoms with E-state index in [-0.39, 0.29) is 0 Å². The standard InChI is InChI=1S/C7H12N4S/c1-2-10-3-6(4-10)11-5-8-9-7(11)12/h5-6H,2-4H2,1H3,(H,9,12). The minimum atomic E-state index is 0.538. The number of likely N-dealkylation sites (tertiary alicyclic amines) is 1. The highest BCUT2D eigenvalue weighted by molar-refractivity contribution is 7.71. The zero-order valence-electron chi connectivity index (χ0n) is 7.03. The number of H-pyrrole nitrogens is 1. The predicted octanol–water partition coefficient (Wildman–Crippen LogP) is 0.817. The number of hydrogen-bond donors (Lipinski definition) is 1. The lowest BCUT2D eigenvalue weighted by atomic mass is 10.1. The summed E-state index contributed by atoms with van der Waals surface area (Å²) < 4.78 is 2.76. The van der Waals surface area contributed by atoms with Crippen molar-refractivity contribution in [3.8, 4) is 0 Å². The van der Waals surface area contributed by atoms with Crippen molar-refractivity contribution < 1.29 is 0 Å². The van der Waals surface area contributed by atoms with Crippen LogP contribution in [0.2, 0.25) is 0 Å². The summed E-state index contributed by atoms with van der Waals surface area (Å²) in [6, 6.07) is 0.538. The number of likely N-dealkylation sites (N-methyl/N-ethyl adjacent to an activating group) is 1. The Kier molecular flexibility index (Phi) is 1.98.